The molecule has 0 aliphatic heterocycles. The van der Waals surface area contributed by atoms with Crippen LogP contribution in [0.1, 0.15) is 0 Å². The Morgan fingerprint density at radius 3 is 2.43 bits per heavy atom. The summed E-state index contributed by atoms with van der Waals surface area (Å²) >= 11 is 0. The van der Waals surface area contributed by atoms with Crippen molar-refractivity contribution in [2.75, 3.05) is 0 Å². The predicted octanol–water partition coefficient (Wildman–Crippen LogP) is 7.29. The highest BCUT2D eigenvalue weighted by Gasteiger charge is 2.11. The lowest BCUT2D eigenvalue weighted by Gasteiger charge is -2.11. The van der Waals surface area contributed by atoms with E-state index < -0.39 is 0 Å². The van der Waals surface area contributed by atoms with Gasteiger partial charge in [0, 0.05) is 41.0 Å². The molecular formula is C30H20N4O. The quantitative estimate of drug-likeness (QED) is 0.264. The van der Waals surface area contributed by atoms with Gasteiger partial charge in [-0.25, -0.2) is 9.67 Å². The summed E-state index contributed by atoms with van der Waals surface area (Å²) in [6, 6.07) is 34.7. The van der Waals surface area contributed by atoms with E-state index in [-0.39, 0.29) is 0 Å². The van der Waals surface area contributed by atoms with Gasteiger partial charge in [0.1, 0.15) is 17.1 Å². The maximum atomic E-state index is 6.30. The lowest BCUT2D eigenvalue weighted by Crippen LogP contribution is -1.96. The minimum absolute atomic E-state index is 0.749. The van der Waals surface area contributed by atoms with E-state index in [4.69, 9.17) is 9.84 Å². The van der Waals surface area contributed by atoms with Crippen molar-refractivity contribution < 1.29 is 4.74 Å². The first kappa shape index (κ1) is 19.6. The molecule has 3 aromatic heterocycles. The highest BCUT2D eigenvalue weighted by molar-refractivity contribution is 6.12. The van der Waals surface area contributed by atoms with Crippen molar-refractivity contribution in [1.82, 2.24) is 19.2 Å². The molecule has 3 heterocycles. The van der Waals surface area contributed by atoms with Crippen LogP contribution in [0.25, 0.3) is 44.3 Å². The number of benzene rings is 4. The zero-order chi connectivity index (χ0) is 23.2. The fraction of sp³-hybridized carbons (Fsp3) is 0. The number of ether oxygens (including phenoxy) is 1. The van der Waals surface area contributed by atoms with E-state index in [1.807, 2.05) is 77.9 Å². The van der Waals surface area contributed by atoms with E-state index in [2.05, 4.69) is 57.9 Å². The summed E-state index contributed by atoms with van der Waals surface area (Å²) in [6.07, 6.45) is 5.81. The summed E-state index contributed by atoms with van der Waals surface area (Å²) < 4.78 is 10.3. The Balaban J connectivity index is 1.25. The predicted molar refractivity (Wildman–Crippen MR) is 139 cm³/mol. The molecule has 0 bridgehead atoms. The summed E-state index contributed by atoms with van der Waals surface area (Å²) in [4.78, 5) is 4.62. The smallest absolute Gasteiger partial charge is 0.145 e. The minimum Gasteiger partial charge on any atom is -0.457 e. The lowest BCUT2D eigenvalue weighted by molar-refractivity contribution is 0.483. The lowest BCUT2D eigenvalue weighted by atomic mass is 10.1. The molecule has 0 aliphatic carbocycles. The third-order valence-corrected chi connectivity index (χ3v) is 6.30. The Morgan fingerprint density at radius 1 is 0.629 bits per heavy atom. The highest BCUT2D eigenvalue weighted by atomic mass is 16.5. The van der Waals surface area contributed by atoms with Crippen molar-refractivity contribution in [2.45, 2.75) is 0 Å². The number of aromatic nitrogens is 4. The molecule has 0 unspecified atom stereocenters. The molecule has 0 fully saturated rings. The van der Waals surface area contributed by atoms with Gasteiger partial charge in [-0.3, -0.25) is 4.40 Å². The van der Waals surface area contributed by atoms with Crippen molar-refractivity contribution in [3.8, 4) is 28.4 Å². The molecule has 166 valence electrons. The van der Waals surface area contributed by atoms with E-state index in [0.29, 0.717) is 0 Å². The number of rotatable bonds is 4. The monoisotopic (exact) mass is 452 g/mol. The first-order valence-corrected chi connectivity index (χ1v) is 11.5. The molecule has 0 N–H and O–H groups in total. The molecule has 7 aromatic rings. The molecule has 0 aliphatic rings. The maximum absolute atomic E-state index is 6.30. The molecule has 0 atom stereocenters. The average molecular weight is 453 g/mol. The van der Waals surface area contributed by atoms with Crippen LogP contribution in [0.2, 0.25) is 0 Å². The molecule has 0 saturated carbocycles. The second kappa shape index (κ2) is 7.85. The summed E-state index contributed by atoms with van der Waals surface area (Å²) in [5.41, 5.74) is 5.02. The topological polar surface area (TPSA) is 44.4 Å². The third kappa shape index (κ3) is 3.33. The van der Waals surface area contributed by atoms with E-state index >= 15 is 0 Å². The molecular weight excluding hydrogens is 432 g/mol. The summed E-state index contributed by atoms with van der Waals surface area (Å²) in [6.45, 7) is 0. The van der Waals surface area contributed by atoms with E-state index in [9.17, 15) is 0 Å². The second-order valence-corrected chi connectivity index (χ2v) is 8.46. The van der Waals surface area contributed by atoms with Gasteiger partial charge in [-0.1, -0.05) is 54.6 Å². The van der Waals surface area contributed by atoms with Crippen LogP contribution in [-0.4, -0.2) is 19.2 Å². The van der Waals surface area contributed by atoms with Gasteiger partial charge in [0.15, 0.2) is 0 Å². The van der Waals surface area contributed by atoms with E-state index in [0.717, 1.165) is 50.4 Å². The number of hydrogen-bond acceptors (Lipinski definition) is 3. The van der Waals surface area contributed by atoms with Gasteiger partial charge in [-0.05, 0) is 47.9 Å². The van der Waals surface area contributed by atoms with Crippen LogP contribution < -0.4 is 4.74 Å². The van der Waals surface area contributed by atoms with Crippen molar-refractivity contribution in [3.05, 3.63) is 122 Å². The SMILES string of the molecule is c1ccc(-c2ccn(-c3cccc(Oc4ccc5c6ccccc6n6ccnc6c5c4)c3)n2)cc1. The number of imidazole rings is 1. The number of nitrogens with zero attached hydrogens (tertiary/aromatic N) is 4. The fourth-order valence-electron chi connectivity index (χ4n) is 4.67. The first-order chi connectivity index (χ1) is 17.3. The first-order valence-electron chi connectivity index (χ1n) is 11.5. The van der Waals surface area contributed by atoms with Gasteiger partial charge in [0.05, 0.1) is 16.9 Å². The van der Waals surface area contributed by atoms with Crippen molar-refractivity contribution in [3.63, 3.8) is 0 Å². The number of fused-ring (bicyclic) bond motifs is 6. The maximum Gasteiger partial charge on any atom is 0.145 e. The summed E-state index contributed by atoms with van der Waals surface area (Å²) in [5.74, 6) is 1.51. The summed E-state index contributed by atoms with van der Waals surface area (Å²) in [5, 5.41) is 8.15. The van der Waals surface area contributed by atoms with Crippen molar-refractivity contribution in [2.24, 2.45) is 0 Å². The standard InChI is InChI=1S/C30H20N4O/c1-2-7-21(8-3-1)28-15-17-34(32-28)22-9-6-10-23(19-22)35-24-13-14-25-26-11-4-5-12-29(26)33-18-16-31-30(33)27(25)20-24/h1-20H. The van der Waals surface area contributed by atoms with Gasteiger partial charge < -0.3 is 4.74 Å². The Bertz CT molecular complexity index is 1830. The molecule has 0 radical (unpaired) electrons. The molecule has 7 rings (SSSR count). The Kier molecular flexibility index (Phi) is 4.39. The van der Waals surface area contributed by atoms with Gasteiger partial charge in [-0.2, -0.15) is 5.10 Å². The Labute approximate surface area is 201 Å². The molecule has 0 spiro atoms. The summed E-state index contributed by atoms with van der Waals surface area (Å²) in [7, 11) is 0. The van der Waals surface area contributed by atoms with Gasteiger partial charge >= 0.3 is 0 Å². The molecule has 5 nitrogen and oxygen atoms in total. The number of para-hydroxylation sites is 1. The minimum atomic E-state index is 0.749. The highest BCUT2D eigenvalue weighted by Crippen LogP contribution is 2.33. The van der Waals surface area contributed by atoms with Crippen LogP contribution >= 0.6 is 0 Å². The molecule has 4 aromatic carbocycles. The normalized spacial score (nSPS) is 11.4. The third-order valence-electron chi connectivity index (χ3n) is 6.30. The van der Waals surface area contributed by atoms with Crippen molar-refractivity contribution in [1.29, 1.82) is 0 Å². The Hall–Kier alpha value is -4.90. The van der Waals surface area contributed by atoms with Crippen LogP contribution in [0.5, 0.6) is 11.5 Å². The van der Waals surface area contributed by atoms with Crippen LogP contribution in [0, 0.1) is 0 Å². The fourth-order valence-corrected chi connectivity index (χ4v) is 4.67. The van der Waals surface area contributed by atoms with E-state index in [1.54, 1.807) is 0 Å². The van der Waals surface area contributed by atoms with Gasteiger partial charge in [-0.15, -0.1) is 0 Å². The van der Waals surface area contributed by atoms with E-state index in [1.165, 1.54) is 5.39 Å². The number of pyridine rings is 1. The van der Waals surface area contributed by atoms with Crippen LogP contribution in [-0.2, 0) is 0 Å². The van der Waals surface area contributed by atoms with Crippen LogP contribution in [0.3, 0.4) is 0 Å². The van der Waals surface area contributed by atoms with Crippen LogP contribution in [0.15, 0.2) is 122 Å². The van der Waals surface area contributed by atoms with Crippen LogP contribution in [0.4, 0.5) is 0 Å². The van der Waals surface area contributed by atoms with Gasteiger partial charge in [0.2, 0.25) is 0 Å². The molecule has 0 saturated heterocycles. The second-order valence-electron chi connectivity index (χ2n) is 8.46. The van der Waals surface area contributed by atoms with Gasteiger partial charge in [0.25, 0.3) is 0 Å². The molecule has 35 heavy (non-hydrogen) atoms. The molecule has 0 amide bonds. The molecule has 5 heteroatoms. The Morgan fingerprint density at radius 2 is 1.49 bits per heavy atom. The number of hydrogen-bond donors (Lipinski definition) is 0. The average Bonchev–Trinajstić information content (AvgIpc) is 3.61. The zero-order valence-electron chi connectivity index (χ0n) is 18.7. The largest absolute Gasteiger partial charge is 0.457 e. The zero-order valence-corrected chi connectivity index (χ0v) is 18.7. The van der Waals surface area contributed by atoms with Crippen molar-refractivity contribution >= 4 is 27.3 Å².